The molecule has 1 aromatic carbocycles. The quantitative estimate of drug-likeness (QED) is 0.330. The molecule has 1 aromatic rings. The number of hydrogen-bond acceptors (Lipinski definition) is 9. The standard InChI is InChI=1S/C31H41NO8/c1-5-14-37-25(33)18-31(36,11-6-9-29(3,4)35)28(34)40-27-20(2)17-30-10-7-12-32(30)13-8-21-15-23-24(39-19-38-23)16-22(21)26(27)30/h5,15-17,26-27,35-36H,1,6-14,18-19H2,2-4H3/t26-,27?,30+,31?/m1/s1. The Morgan fingerprint density at radius 2 is 1.95 bits per heavy atom. The summed E-state index contributed by atoms with van der Waals surface area (Å²) in [7, 11) is 0. The SMILES string of the molecule is C=CCOC(=O)CC(O)(CCCC(C)(C)O)C(=O)OC1C(C)=C[C@]23CCCN2CCc2cc4c(cc2[C@H]13)OCO4. The van der Waals surface area contributed by atoms with Gasteiger partial charge in [-0.1, -0.05) is 18.7 Å². The van der Waals surface area contributed by atoms with Gasteiger partial charge in [0.1, 0.15) is 12.7 Å². The van der Waals surface area contributed by atoms with Gasteiger partial charge in [-0.25, -0.2) is 4.79 Å². The lowest BCUT2D eigenvalue weighted by Gasteiger charge is -2.40. The summed E-state index contributed by atoms with van der Waals surface area (Å²) in [6, 6.07) is 4.07. The second-order valence-corrected chi connectivity index (χ2v) is 12.3. The highest BCUT2D eigenvalue weighted by Gasteiger charge is 2.57. The van der Waals surface area contributed by atoms with Crippen molar-refractivity contribution < 1.29 is 38.7 Å². The van der Waals surface area contributed by atoms with Crippen LogP contribution in [0.1, 0.15) is 76.3 Å². The zero-order valence-corrected chi connectivity index (χ0v) is 23.7. The zero-order chi connectivity index (χ0) is 28.7. The molecule has 0 aromatic heterocycles. The Hall–Kier alpha value is -2.88. The van der Waals surface area contributed by atoms with Crippen molar-refractivity contribution in [3.63, 3.8) is 0 Å². The van der Waals surface area contributed by atoms with Gasteiger partial charge in [0.25, 0.3) is 0 Å². The van der Waals surface area contributed by atoms with Crippen LogP contribution in [0.2, 0.25) is 0 Å². The summed E-state index contributed by atoms with van der Waals surface area (Å²) in [5.41, 5.74) is -0.263. The highest BCUT2D eigenvalue weighted by Crippen LogP contribution is 2.55. The van der Waals surface area contributed by atoms with E-state index in [2.05, 4.69) is 17.6 Å². The number of hydrogen-bond donors (Lipinski definition) is 2. The molecule has 0 bridgehead atoms. The summed E-state index contributed by atoms with van der Waals surface area (Å²) < 4.78 is 22.7. The molecule has 9 nitrogen and oxygen atoms in total. The van der Waals surface area contributed by atoms with Gasteiger partial charge in [0, 0.05) is 12.5 Å². The molecule has 1 fully saturated rings. The van der Waals surface area contributed by atoms with E-state index in [9.17, 15) is 19.8 Å². The van der Waals surface area contributed by atoms with E-state index < -0.39 is 35.7 Å². The summed E-state index contributed by atoms with van der Waals surface area (Å²) in [4.78, 5) is 28.9. The van der Waals surface area contributed by atoms with Gasteiger partial charge in [-0.15, -0.1) is 0 Å². The summed E-state index contributed by atoms with van der Waals surface area (Å²) >= 11 is 0. The second-order valence-electron chi connectivity index (χ2n) is 12.3. The third kappa shape index (κ3) is 5.39. The maximum atomic E-state index is 13.8. The van der Waals surface area contributed by atoms with Crippen molar-refractivity contribution in [3.8, 4) is 11.5 Å². The molecule has 40 heavy (non-hydrogen) atoms. The Kier molecular flexibility index (Phi) is 7.76. The Balaban J connectivity index is 1.46. The summed E-state index contributed by atoms with van der Waals surface area (Å²) in [6.45, 7) is 10.8. The fourth-order valence-corrected chi connectivity index (χ4v) is 6.94. The molecule has 4 atom stereocenters. The van der Waals surface area contributed by atoms with Crippen LogP contribution in [0, 0.1) is 0 Å². The van der Waals surface area contributed by atoms with Gasteiger partial charge < -0.3 is 29.2 Å². The van der Waals surface area contributed by atoms with Crippen molar-refractivity contribution >= 4 is 11.9 Å². The molecule has 218 valence electrons. The lowest BCUT2D eigenvalue weighted by Crippen LogP contribution is -2.49. The van der Waals surface area contributed by atoms with Crippen molar-refractivity contribution in [3.05, 3.63) is 47.6 Å². The van der Waals surface area contributed by atoms with E-state index in [1.807, 2.05) is 19.1 Å². The van der Waals surface area contributed by atoms with Gasteiger partial charge in [0.05, 0.1) is 17.6 Å². The molecular weight excluding hydrogens is 514 g/mol. The first-order chi connectivity index (χ1) is 19.0. The monoisotopic (exact) mass is 555 g/mol. The van der Waals surface area contributed by atoms with E-state index in [0.29, 0.717) is 18.6 Å². The molecule has 2 N–H and O–H groups in total. The lowest BCUT2D eigenvalue weighted by molar-refractivity contribution is -0.177. The van der Waals surface area contributed by atoms with Crippen LogP contribution < -0.4 is 9.47 Å². The molecule has 9 heteroatoms. The van der Waals surface area contributed by atoms with Crippen molar-refractivity contribution in [2.24, 2.45) is 0 Å². The molecule has 5 rings (SSSR count). The van der Waals surface area contributed by atoms with Crippen molar-refractivity contribution in [2.45, 2.75) is 94.5 Å². The summed E-state index contributed by atoms with van der Waals surface area (Å²) in [5, 5.41) is 21.8. The van der Waals surface area contributed by atoms with Crippen LogP contribution in [0.4, 0.5) is 0 Å². The average molecular weight is 556 g/mol. The number of carbonyl (C=O) groups excluding carboxylic acids is 2. The Labute approximate surface area is 235 Å². The molecule has 1 saturated heterocycles. The van der Waals surface area contributed by atoms with Crippen LogP contribution in [-0.2, 0) is 25.5 Å². The van der Waals surface area contributed by atoms with Gasteiger partial charge in [-0.2, -0.15) is 0 Å². The van der Waals surface area contributed by atoms with Crippen LogP contribution >= 0.6 is 0 Å². The summed E-state index contributed by atoms with van der Waals surface area (Å²) in [5.74, 6) is -0.357. The van der Waals surface area contributed by atoms with Gasteiger partial charge >= 0.3 is 11.9 Å². The van der Waals surface area contributed by atoms with E-state index in [1.54, 1.807) is 13.8 Å². The number of carbonyl (C=O) groups is 2. The van der Waals surface area contributed by atoms with Crippen LogP contribution in [0.15, 0.2) is 36.4 Å². The van der Waals surface area contributed by atoms with E-state index >= 15 is 0 Å². The second kappa shape index (κ2) is 10.8. The van der Waals surface area contributed by atoms with E-state index in [1.165, 1.54) is 6.08 Å². The number of aliphatic hydroxyl groups is 2. The lowest BCUT2D eigenvalue weighted by atomic mass is 9.77. The predicted octanol–water partition coefficient (Wildman–Crippen LogP) is 3.55. The first kappa shape index (κ1) is 28.6. The summed E-state index contributed by atoms with van der Waals surface area (Å²) in [6.07, 6.45) is 5.92. The molecule has 3 aliphatic heterocycles. The largest absolute Gasteiger partial charge is 0.461 e. The number of ether oxygens (including phenoxy) is 4. The minimum Gasteiger partial charge on any atom is -0.461 e. The number of esters is 2. The molecular formula is C31H41NO8. The molecule has 1 aliphatic carbocycles. The molecule has 2 unspecified atom stereocenters. The topological polar surface area (TPSA) is 115 Å². The maximum absolute atomic E-state index is 13.8. The molecule has 0 radical (unpaired) electrons. The maximum Gasteiger partial charge on any atom is 0.339 e. The number of rotatable bonds is 10. The Morgan fingerprint density at radius 1 is 1.20 bits per heavy atom. The highest BCUT2D eigenvalue weighted by molar-refractivity contribution is 5.86. The first-order valence-corrected chi connectivity index (χ1v) is 14.2. The van der Waals surface area contributed by atoms with Crippen molar-refractivity contribution in [2.75, 3.05) is 26.5 Å². The first-order valence-electron chi connectivity index (χ1n) is 14.2. The third-order valence-electron chi connectivity index (χ3n) is 8.77. The molecule has 1 spiro atoms. The van der Waals surface area contributed by atoms with Gasteiger partial charge in [0.2, 0.25) is 6.79 Å². The van der Waals surface area contributed by atoms with Crippen LogP contribution in [-0.4, -0.2) is 76.4 Å². The number of fused-ring (bicyclic) bond motifs is 3. The highest BCUT2D eigenvalue weighted by atomic mass is 16.7. The van der Waals surface area contributed by atoms with Crippen LogP contribution in [0.25, 0.3) is 0 Å². The predicted molar refractivity (Wildman–Crippen MR) is 147 cm³/mol. The van der Waals surface area contributed by atoms with Crippen molar-refractivity contribution in [1.82, 2.24) is 4.90 Å². The third-order valence-corrected chi connectivity index (χ3v) is 8.77. The normalized spacial score (nSPS) is 26.6. The smallest absolute Gasteiger partial charge is 0.339 e. The van der Waals surface area contributed by atoms with Gasteiger partial charge in [-0.05, 0) is 94.7 Å². The van der Waals surface area contributed by atoms with Gasteiger partial charge in [0.15, 0.2) is 17.1 Å². The van der Waals surface area contributed by atoms with Gasteiger partial charge in [-0.3, -0.25) is 9.69 Å². The minimum absolute atomic E-state index is 0.0224. The molecule has 3 heterocycles. The Morgan fingerprint density at radius 3 is 2.67 bits per heavy atom. The minimum atomic E-state index is -2.10. The number of nitrogens with zero attached hydrogens (tertiary/aromatic N) is 1. The fraction of sp³-hybridized carbons (Fsp3) is 0.613. The molecule has 0 amide bonds. The molecule has 0 saturated carbocycles. The van der Waals surface area contributed by atoms with E-state index in [-0.39, 0.29) is 31.3 Å². The van der Waals surface area contributed by atoms with E-state index in [4.69, 9.17) is 18.9 Å². The van der Waals surface area contributed by atoms with Crippen LogP contribution in [0.5, 0.6) is 11.5 Å². The number of benzene rings is 1. The Bertz CT molecular complexity index is 1200. The molecule has 4 aliphatic rings. The van der Waals surface area contributed by atoms with Crippen molar-refractivity contribution in [1.29, 1.82) is 0 Å². The van der Waals surface area contributed by atoms with E-state index in [0.717, 1.165) is 54.8 Å². The fourth-order valence-electron chi connectivity index (χ4n) is 6.94. The van der Waals surface area contributed by atoms with Crippen LogP contribution in [0.3, 0.4) is 0 Å². The zero-order valence-electron chi connectivity index (χ0n) is 23.7. The average Bonchev–Trinajstić information content (AvgIpc) is 3.55.